The molecule has 0 heterocycles. The molecule has 0 aliphatic heterocycles. The second-order valence-electron chi connectivity index (χ2n) is 10.6. The van der Waals surface area contributed by atoms with E-state index in [0.717, 1.165) is 5.69 Å². The molecule has 240 valence electrons. The Labute approximate surface area is 280 Å². The van der Waals surface area contributed by atoms with Crippen molar-refractivity contribution in [3.8, 4) is 5.75 Å². The number of phenolic OH excluding ortho intramolecular Hbond substituents is 1. The number of carbonyl (C=O) groups excluding carboxylic acids is 6. The number of hydrogen-bond acceptors (Lipinski definition) is 10. The monoisotopic (exact) mass is 661 g/mol. The molecule has 0 atom stereocenters. The molecule has 0 amide bonds. The first kappa shape index (κ1) is 33.2. The minimum absolute atomic E-state index is 0.0792. The zero-order valence-electron chi connectivity index (χ0n) is 25.9. The summed E-state index contributed by atoms with van der Waals surface area (Å²) in [7, 11) is 5.15. The lowest BCUT2D eigenvalue weighted by Gasteiger charge is -2.20. The molecule has 0 bridgehead atoms. The fourth-order valence-corrected chi connectivity index (χ4v) is 5.63. The normalized spacial score (nSPS) is 13.6. The second-order valence-corrected chi connectivity index (χ2v) is 11.0. The largest absolute Gasteiger partial charge is 0.507 e. The van der Waals surface area contributed by atoms with Crippen molar-refractivity contribution in [1.82, 2.24) is 0 Å². The van der Waals surface area contributed by atoms with Gasteiger partial charge >= 0.3 is 0 Å². The Kier molecular flexibility index (Phi) is 9.49. The first-order valence-corrected chi connectivity index (χ1v) is 15.0. The summed E-state index contributed by atoms with van der Waals surface area (Å²) in [6, 6.07) is 17.9. The molecule has 7 rings (SSSR count). The average molecular weight is 662 g/mol. The lowest BCUT2D eigenvalue weighted by Crippen LogP contribution is -2.22. The van der Waals surface area contributed by atoms with Crippen LogP contribution in [0.15, 0.2) is 91.0 Å². The number of rotatable bonds is 3. The van der Waals surface area contributed by atoms with Crippen molar-refractivity contribution in [2.24, 2.45) is 0 Å². The van der Waals surface area contributed by atoms with E-state index in [0.29, 0.717) is 49.8 Å². The van der Waals surface area contributed by atoms with E-state index < -0.39 is 0 Å². The van der Waals surface area contributed by atoms with Crippen molar-refractivity contribution in [2.75, 3.05) is 37.1 Å². The number of anilines is 3. The maximum atomic E-state index is 12.5. The number of ketones is 6. The van der Waals surface area contributed by atoms with Crippen LogP contribution in [0.2, 0.25) is 5.02 Å². The zero-order valence-corrected chi connectivity index (χ0v) is 26.7. The fraction of sp³-hybridized carbons (Fsp3) is 0.0811. The third-order valence-corrected chi connectivity index (χ3v) is 8.15. The van der Waals surface area contributed by atoms with E-state index in [4.69, 9.17) is 11.6 Å². The SMILES string of the molecule is CNc1cc2c(cc1Cl)C(=O)C=CC2=O.CNc1ccc(O)c2c1C(=O)c1ccccc1C2=O.CNc1ccc2c(c1)C(=O)C=CC2=O. The summed E-state index contributed by atoms with van der Waals surface area (Å²) in [5, 5.41) is 19.0. The Morgan fingerprint density at radius 2 is 1.00 bits per heavy atom. The summed E-state index contributed by atoms with van der Waals surface area (Å²) in [5.74, 6) is -1.31. The predicted octanol–water partition coefficient (Wildman–Crippen LogP) is 6.19. The van der Waals surface area contributed by atoms with Crippen molar-refractivity contribution in [1.29, 1.82) is 0 Å². The van der Waals surface area contributed by atoms with Crippen LogP contribution in [0, 0.1) is 0 Å². The van der Waals surface area contributed by atoms with Crippen LogP contribution in [0.4, 0.5) is 17.1 Å². The van der Waals surface area contributed by atoms with E-state index in [1.165, 1.54) is 36.4 Å². The number of fused-ring (bicyclic) bond motifs is 4. The lowest BCUT2D eigenvalue weighted by atomic mass is 9.83. The van der Waals surface area contributed by atoms with Crippen molar-refractivity contribution in [3.05, 3.63) is 141 Å². The summed E-state index contributed by atoms with van der Waals surface area (Å²) < 4.78 is 0. The number of phenols is 1. The van der Waals surface area contributed by atoms with Gasteiger partial charge in [-0.15, -0.1) is 0 Å². The van der Waals surface area contributed by atoms with Crippen LogP contribution in [0.25, 0.3) is 0 Å². The summed E-state index contributed by atoms with van der Waals surface area (Å²) in [6.45, 7) is 0. The van der Waals surface area contributed by atoms with Gasteiger partial charge in [0.2, 0.25) is 0 Å². The second kappa shape index (κ2) is 13.7. The molecule has 0 aromatic heterocycles. The highest BCUT2D eigenvalue weighted by atomic mass is 35.5. The van der Waals surface area contributed by atoms with Crippen LogP contribution in [0.3, 0.4) is 0 Å². The predicted molar refractivity (Wildman–Crippen MR) is 184 cm³/mol. The van der Waals surface area contributed by atoms with Crippen LogP contribution in [0.1, 0.15) is 73.3 Å². The Bertz CT molecular complexity index is 2130. The number of benzene rings is 4. The van der Waals surface area contributed by atoms with Gasteiger partial charge in [-0.3, -0.25) is 28.8 Å². The molecule has 3 aliphatic carbocycles. The summed E-state index contributed by atoms with van der Waals surface area (Å²) in [5.41, 5.74) is 4.78. The van der Waals surface area contributed by atoms with Crippen molar-refractivity contribution in [3.63, 3.8) is 0 Å². The van der Waals surface area contributed by atoms with Gasteiger partial charge in [-0.2, -0.15) is 0 Å². The third-order valence-electron chi connectivity index (χ3n) is 7.84. The Balaban J connectivity index is 0.000000143. The van der Waals surface area contributed by atoms with E-state index in [1.807, 2.05) is 0 Å². The maximum Gasteiger partial charge on any atom is 0.198 e. The number of hydrogen-bond donors (Lipinski definition) is 4. The molecule has 0 saturated carbocycles. The molecule has 0 fully saturated rings. The number of allylic oxidation sites excluding steroid dienone is 4. The van der Waals surface area contributed by atoms with Gasteiger partial charge in [-0.25, -0.2) is 0 Å². The third kappa shape index (κ3) is 6.16. The molecule has 48 heavy (non-hydrogen) atoms. The van der Waals surface area contributed by atoms with E-state index in [-0.39, 0.29) is 51.6 Å². The number of nitrogens with one attached hydrogen (secondary N) is 3. The molecule has 4 aromatic carbocycles. The van der Waals surface area contributed by atoms with E-state index >= 15 is 0 Å². The molecule has 0 unspecified atom stereocenters. The number of aromatic hydroxyl groups is 1. The lowest BCUT2D eigenvalue weighted by molar-refractivity contribution is 0.0977. The number of carbonyl (C=O) groups is 6. The minimum atomic E-state index is -0.320. The smallest absolute Gasteiger partial charge is 0.198 e. The highest BCUT2D eigenvalue weighted by molar-refractivity contribution is 6.35. The standard InChI is InChI=1S/C15H11NO3.C11H8ClNO2.C11H9NO2/c1-16-10-6-7-11(17)13-12(10)14(18)8-4-2-3-5-9(8)15(13)19;1-13-9-5-7-6(4-8(9)12)10(14)2-3-11(7)15;1-12-7-2-3-8-9(6-7)11(14)5-4-10(8)13/h2-7,16-17H,1H3;2-5,13H,1H3;2-6,12H,1H3. The summed E-state index contributed by atoms with van der Waals surface area (Å²) in [4.78, 5) is 70.7. The topological polar surface area (TPSA) is 159 Å². The quantitative estimate of drug-likeness (QED) is 0.164. The first-order valence-electron chi connectivity index (χ1n) is 14.6. The van der Waals surface area contributed by atoms with Crippen LogP contribution in [-0.4, -0.2) is 60.9 Å². The van der Waals surface area contributed by atoms with Gasteiger partial charge in [-0.1, -0.05) is 35.9 Å². The van der Waals surface area contributed by atoms with Gasteiger partial charge in [0, 0.05) is 65.9 Å². The van der Waals surface area contributed by atoms with Gasteiger partial charge < -0.3 is 21.1 Å². The number of halogens is 1. The summed E-state index contributed by atoms with van der Waals surface area (Å²) >= 11 is 5.92. The molecule has 0 spiro atoms. The van der Waals surface area contributed by atoms with Crippen molar-refractivity contribution >= 4 is 63.4 Å². The zero-order chi connectivity index (χ0) is 34.7. The van der Waals surface area contributed by atoms with Crippen LogP contribution in [0.5, 0.6) is 5.75 Å². The van der Waals surface area contributed by atoms with E-state index in [1.54, 1.807) is 75.7 Å². The molecular formula is C37H28ClN3O7. The maximum absolute atomic E-state index is 12.5. The highest BCUT2D eigenvalue weighted by Gasteiger charge is 2.33. The highest BCUT2D eigenvalue weighted by Crippen LogP contribution is 2.36. The fourth-order valence-electron chi connectivity index (χ4n) is 5.37. The van der Waals surface area contributed by atoms with Gasteiger partial charge in [0.15, 0.2) is 34.7 Å². The Morgan fingerprint density at radius 1 is 0.500 bits per heavy atom. The van der Waals surface area contributed by atoms with Crippen LogP contribution >= 0.6 is 11.6 Å². The minimum Gasteiger partial charge on any atom is -0.507 e. The average Bonchev–Trinajstić information content (AvgIpc) is 3.10. The Morgan fingerprint density at radius 3 is 1.54 bits per heavy atom. The van der Waals surface area contributed by atoms with Crippen molar-refractivity contribution in [2.45, 2.75) is 0 Å². The molecule has 0 saturated heterocycles. The molecule has 3 aliphatic rings. The van der Waals surface area contributed by atoms with E-state index in [2.05, 4.69) is 16.0 Å². The van der Waals surface area contributed by atoms with Gasteiger partial charge in [0.05, 0.1) is 21.8 Å². The first-order chi connectivity index (χ1) is 23.0. The van der Waals surface area contributed by atoms with Gasteiger partial charge in [0.1, 0.15) is 5.75 Å². The van der Waals surface area contributed by atoms with Crippen LogP contribution in [-0.2, 0) is 0 Å². The Hall–Kier alpha value is -6.13. The van der Waals surface area contributed by atoms with Crippen LogP contribution < -0.4 is 16.0 Å². The van der Waals surface area contributed by atoms with E-state index in [9.17, 15) is 33.9 Å². The van der Waals surface area contributed by atoms with Gasteiger partial charge in [0.25, 0.3) is 0 Å². The van der Waals surface area contributed by atoms with Crippen molar-refractivity contribution < 1.29 is 33.9 Å². The molecule has 10 nitrogen and oxygen atoms in total. The molecular weight excluding hydrogens is 634 g/mol. The summed E-state index contributed by atoms with van der Waals surface area (Å²) in [6.07, 6.45) is 5.16. The molecule has 4 N–H and O–H groups in total. The molecule has 4 aromatic rings. The molecule has 11 heteroatoms. The van der Waals surface area contributed by atoms with Gasteiger partial charge in [-0.05, 0) is 66.8 Å². The molecule has 0 radical (unpaired) electrons.